The number of carbonyl (C=O) groups excluding carboxylic acids is 1. The molecule has 0 saturated heterocycles. The van der Waals surface area contributed by atoms with Gasteiger partial charge in [0.25, 0.3) is 5.91 Å². The highest BCUT2D eigenvalue weighted by Crippen LogP contribution is 2.32. The van der Waals surface area contributed by atoms with Crippen LogP contribution in [0.2, 0.25) is 4.34 Å². The second kappa shape index (κ2) is 6.12. The Balaban J connectivity index is 1.75. The monoisotopic (exact) mass is 372 g/mol. The zero-order chi connectivity index (χ0) is 16.6. The van der Waals surface area contributed by atoms with E-state index in [0.29, 0.717) is 15.8 Å². The van der Waals surface area contributed by atoms with Crippen LogP contribution in [0.15, 0.2) is 40.6 Å². The van der Waals surface area contributed by atoms with Crippen LogP contribution in [0.4, 0.5) is 5.69 Å². The number of rotatable bonds is 4. The van der Waals surface area contributed by atoms with Gasteiger partial charge in [0, 0.05) is 7.05 Å². The molecule has 1 aliphatic heterocycles. The molecular formula is C14H13ClN2O4S2. The minimum atomic E-state index is -3.72. The molecule has 1 aromatic heterocycles. The Morgan fingerprint density at radius 3 is 2.74 bits per heavy atom. The first-order valence-electron chi connectivity index (χ1n) is 6.67. The maximum absolute atomic E-state index is 12.3. The maximum Gasteiger partial charge on any atom is 0.269 e. The van der Waals surface area contributed by atoms with Crippen LogP contribution in [-0.2, 0) is 14.8 Å². The van der Waals surface area contributed by atoms with Crippen LogP contribution in [0.5, 0.6) is 5.75 Å². The first kappa shape index (κ1) is 16.3. The van der Waals surface area contributed by atoms with Crippen molar-refractivity contribution in [2.45, 2.75) is 10.3 Å². The second-order valence-corrected chi connectivity index (χ2v) is 8.59. The zero-order valence-electron chi connectivity index (χ0n) is 12.0. The molecule has 1 unspecified atom stereocenters. The van der Waals surface area contributed by atoms with E-state index in [1.54, 1.807) is 31.3 Å². The van der Waals surface area contributed by atoms with Gasteiger partial charge in [-0.25, -0.2) is 13.1 Å². The maximum atomic E-state index is 12.3. The van der Waals surface area contributed by atoms with E-state index in [0.717, 1.165) is 11.3 Å². The Kier molecular flexibility index (Phi) is 4.33. The fourth-order valence-corrected chi connectivity index (χ4v) is 4.76. The van der Waals surface area contributed by atoms with Crippen molar-refractivity contribution in [1.82, 2.24) is 4.72 Å². The van der Waals surface area contributed by atoms with Crippen molar-refractivity contribution in [1.29, 1.82) is 0 Å². The van der Waals surface area contributed by atoms with Crippen molar-refractivity contribution in [3.05, 3.63) is 40.7 Å². The summed E-state index contributed by atoms with van der Waals surface area (Å²) in [7, 11) is -2.09. The third kappa shape index (κ3) is 3.20. The van der Waals surface area contributed by atoms with E-state index in [4.69, 9.17) is 16.3 Å². The summed E-state index contributed by atoms with van der Waals surface area (Å²) in [6, 6.07) is 10.0. The van der Waals surface area contributed by atoms with Crippen molar-refractivity contribution in [3.8, 4) is 5.75 Å². The van der Waals surface area contributed by atoms with Crippen LogP contribution in [0.3, 0.4) is 0 Å². The molecule has 6 nitrogen and oxygen atoms in total. The molecule has 9 heteroatoms. The molecule has 0 radical (unpaired) electrons. The number of benzene rings is 1. The van der Waals surface area contributed by atoms with Crippen LogP contribution >= 0.6 is 22.9 Å². The van der Waals surface area contributed by atoms with Crippen molar-refractivity contribution < 1.29 is 17.9 Å². The number of fused-ring (bicyclic) bond motifs is 1. The number of carbonyl (C=O) groups is 1. The topological polar surface area (TPSA) is 75.7 Å². The van der Waals surface area contributed by atoms with E-state index in [9.17, 15) is 13.2 Å². The van der Waals surface area contributed by atoms with Crippen LogP contribution in [0.25, 0.3) is 0 Å². The molecule has 1 aliphatic rings. The van der Waals surface area contributed by atoms with Crippen LogP contribution < -0.4 is 14.4 Å². The van der Waals surface area contributed by atoms with Gasteiger partial charge in [-0.15, -0.1) is 11.3 Å². The smallest absolute Gasteiger partial charge is 0.269 e. The van der Waals surface area contributed by atoms with Crippen molar-refractivity contribution in [2.24, 2.45) is 0 Å². The molecule has 0 aliphatic carbocycles. The highest BCUT2D eigenvalue weighted by Gasteiger charge is 2.33. The van der Waals surface area contributed by atoms with Gasteiger partial charge in [0.2, 0.25) is 10.0 Å². The number of anilines is 1. The Hall–Kier alpha value is -1.61. The number of sulfonamides is 1. The third-order valence-electron chi connectivity index (χ3n) is 3.37. The number of nitrogens with zero attached hydrogens (tertiary/aromatic N) is 1. The van der Waals surface area contributed by atoms with Crippen molar-refractivity contribution in [3.63, 3.8) is 0 Å². The molecule has 1 atom stereocenters. The molecule has 3 rings (SSSR count). The van der Waals surface area contributed by atoms with Gasteiger partial charge in [-0.2, -0.15) is 0 Å². The number of hydrogen-bond donors (Lipinski definition) is 1. The first-order valence-corrected chi connectivity index (χ1v) is 9.34. The van der Waals surface area contributed by atoms with Crippen LogP contribution in [-0.4, -0.2) is 34.0 Å². The Morgan fingerprint density at radius 1 is 1.30 bits per heavy atom. The van der Waals surface area contributed by atoms with Gasteiger partial charge in [-0.1, -0.05) is 23.7 Å². The number of ether oxygens (including phenoxy) is 1. The van der Waals surface area contributed by atoms with E-state index in [-0.39, 0.29) is 16.7 Å². The zero-order valence-corrected chi connectivity index (χ0v) is 14.4. The second-order valence-electron chi connectivity index (χ2n) is 4.88. The number of likely N-dealkylation sites (N-methyl/N-ethyl adjacent to an activating group) is 1. The molecule has 23 heavy (non-hydrogen) atoms. The Bertz CT molecular complexity index is 850. The summed E-state index contributed by atoms with van der Waals surface area (Å²) in [5, 5.41) is 0. The molecule has 0 fully saturated rings. The standard InChI is InChI=1S/C14H13ClN2O4S2/c1-17-9-4-2-3-5-10(9)21-11(14(17)18)8-16-23(19,20)13-7-6-12(15)22-13/h2-7,11,16H,8H2,1H3. The summed E-state index contributed by atoms with van der Waals surface area (Å²) in [6.45, 7) is -0.157. The molecule has 1 amide bonds. The highest BCUT2D eigenvalue weighted by molar-refractivity contribution is 7.91. The van der Waals surface area contributed by atoms with Crippen LogP contribution in [0, 0.1) is 0 Å². The molecule has 122 valence electrons. The molecule has 0 spiro atoms. The predicted molar refractivity (Wildman–Crippen MR) is 88.8 cm³/mol. The van der Waals surface area contributed by atoms with Crippen molar-refractivity contribution >= 4 is 44.6 Å². The number of amides is 1. The quantitative estimate of drug-likeness (QED) is 0.891. The van der Waals surface area contributed by atoms with E-state index in [1.807, 2.05) is 0 Å². The highest BCUT2D eigenvalue weighted by atomic mass is 35.5. The first-order chi connectivity index (χ1) is 10.9. The van der Waals surface area contributed by atoms with E-state index < -0.39 is 16.1 Å². The lowest BCUT2D eigenvalue weighted by Crippen LogP contribution is -2.49. The molecule has 0 bridgehead atoms. The molecular weight excluding hydrogens is 360 g/mol. The molecule has 0 saturated carbocycles. The molecule has 2 heterocycles. The normalized spacial score (nSPS) is 17.7. The molecule has 1 N–H and O–H groups in total. The Morgan fingerprint density at radius 2 is 2.04 bits per heavy atom. The summed E-state index contributed by atoms with van der Waals surface area (Å²) >= 11 is 6.70. The lowest BCUT2D eigenvalue weighted by molar-refractivity contribution is -0.125. The van der Waals surface area contributed by atoms with Crippen LogP contribution in [0.1, 0.15) is 0 Å². The Labute approximate surface area is 142 Å². The third-order valence-corrected chi connectivity index (χ3v) is 6.52. The summed E-state index contributed by atoms with van der Waals surface area (Å²) in [4.78, 5) is 13.8. The predicted octanol–water partition coefficient (Wildman–Crippen LogP) is 2.10. The lowest BCUT2D eigenvalue weighted by Gasteiger charge is -2.31. The summed E-state index contributed by atoms with van der Waals surface area (Å²) < 4.78 is 32.8. The van der Waals surface area contributed by atoms with E-state index in [1.165, 1.54) is 17.0 Å². The molecule has 2 aromatic rings. The number of hydrogen-bond acceptors (Lipinski definition) is 5. The van der Waals surface area contributed by atoms with Gasteiger partial charge >= 0.3 is 0 Å². The van der Waals surface area contributed by atoms with Gasteiger partial charge in [0.15, 0.2) is 6.10 Å². The van der Waals surface area contributed by atoms with Crippen molar-refractivity contribution in [2.75, 3.05) is 18.5 Å². The largest absolute Gasteiger partial charge is 0.477 e. The summed E-state index contributed by atoms with van der Waals surface area (Å²) in [6.07, 6.45) is -0.917. The van der Waals surface area contributed by atoms with Gasteiger partial charge < -0.3 is 9.64 Å². The van der Waals surface area contributed by atoms with Gasteiger partial charge in [-0.05, 0) is 24.3 Å². The fraction of sp³-hybridized carbons (Fsp3) is 0.214. The lowest BCUT2D eigenvalue weighted by atomic mass is 10.2. The summed E-state index contributed by atoms with van der Waals surface area (Å²) in [5.74, 6) is 0.230. The average Bonchev–Trinajstić information content (AvgIpc) is 2.97. The SMILES string of the molecule is CN1C(=O)C(CNS(=O)(=O)c2ccc(Cl)s2)Oc2ccccc21. The number of nitrogens with one attached hydrogen (secondary N) is 1. The molecule has 1 aromatic carbocycles. The van der Waals surface area contributed by atoms with E-state index >= 15 is 0 Å². The van der Waals surface area contributed by atoms with Gasteiger partial charge in [-0.3, -0.25) is 4.79 Å². The summed E-state index contributed by atoms with van der Waals surface area (Å²) in [5.41, 5.74) is 0.654. The average molecular weight is 373 g/mol. The fourth-order valence-electron chi connectivity index (χ4n) is 2.20. The minimum Gasteiger partial charge on any atom is -0.477 e. The number of thiophene rings is 1. The number of para-hydroxylation sites is 2. The van der Waals surface area contributed by atoms with Gasteiger partial charge in [0.05, 0.1) is 16.6 Å². The minimum absolute atomic E-state index is 0.0968. The number of halogens is 1. The van der Waals surface area contributed by atoms with Gasteiger partial charge in [0.1, 0.15) is 9.96 Å². The van der Waals surface area contributed by atoms with E-state index in [2.05, 4.69) is 4.72 Å².